The summed E-state index contributed by atoms with van der Waals surface area (Å²) in [6.07, 6.45) is 4.14. The molecule has 4 N–H and O–H groups in total. The minimum Gasteiger partial charge on any atom is -0.398 e. The van der Waals surface area contributed by atoms with Crippen LogP contribution in [0.3, 0.4) is 0 Å². The number of benzene rings is 1. The van der Waals surface area contributed by atoms with Crippen molar-refractivity contribution in [3.05, 3.63) is 40.3 Å². The molecular weight excluding hydrogens is 395 g/mol. The standard InChI is InChI=1S/C21H24ClFN4O2/c1-27(2)20(29)15-14(24)4-3-12(18(15)23)13-8-25-19-16(17(13)22)21(10-26-19)6-5-11(7-21)9-28/h3-4,8,11,28H,5-7,9-10,24H2,1-2H3,(H,25,26)/t11-,21-/m1/s1. The number of nitrogens with two attached hydrogens (primary N) is 1. The number of anilines is 2. The minimum absolute atomic E-state index is 0.0786. The molecule has 1 saturated carbocycles. The highest BCUT2D eigenvalue weighted by Crippen LogP contribution is 2.53. The second-order valence-corrected chi connectivity index (χ2v) is 8.60. The predicted molar refractivity (Wildman–Crippen MR) is 112 cm³/mol. The summed E-state index contributed by atoms with van der Waals surface area (Å²) < 4.78 is 15.4. The molecule has 4 rings (SSSR count). The highest BCUT2D eigenvalue weighted by Gasteiger charge is 2.47. The lowest BCUT2D eigenvalue weighted by atomic mass is 9.80. The van der Waals surface area contributed by atoms with E-state index in [1.165, 1.54) is 23.2 Å². The fraction of sp³-hybridized carbons (Fsp3) is 0.429. The smallest absolute Gasteiger partial charge is 0.258 e. The maximum Gasteiger partial charge on any atom is 0.258 e. The number of halogens is 2. The van der Waals surface area contributed by atoms with Gasteiger partial charge in [0.05, 0.1) is 10.6 Å². The van der Waals surface area contributed by atoms with Crippen LogP contribution in [0.15, 0.2) is 18.3 Å². The Balaban J connectivity index is 1.85. The highest BCUT2D eigenvalue weighted by atomic mass is 35.5. The Bertz CT molecular complexity index is 997. The number of rotatable bonds is 3. The van der Waals surface area contributed by atoms with Gasteiger partial charge in [0.15, 0.2) is 0 Å². The van der Waals surface area contributed by atoms with E-state index in [0.29, 0.717) is 22.9 Å². The number of fused-ring (bicyclic) bond motifs is 2. The van der Waals surface area contributed by atoms with Crippen LogP contribution in [0.5, 0.6) is 0 Å². The summed E-state index contributed by atoms with van der Waals surface area (Å²) >= 11 is 6.82. The van der Waals surface area contributed by atoms with Crippen molar-refractivity contribution < 1.29 is 14.3 Å². The maximum atomic E-state index is 15.4. The number of aliphatic hydroxyl groups excluding tert-OH is 1. The van der Waals surface area contributed by atoms with Crippen molar-refractivity contribution >= 4 is 29.0 Å². The maximum absolute atomic E-state index is 15.4. The van der Waals surface area contributed by atoms with Crippen molar-refractivity contribution in [3.63, 3.8) is 0 Å². The number of nitrogens with one attached hydrogen (secondary N) is 1. The molecular formula is C21H24ClFN4O2. The lowest BCUT2D eigenvalue weighted by molar-refractivity contribution is 0.0824. The fourth-order valence-corrected chi connectivity index (χ4v) is 5.10. The zero-order valence-corrected chi connectivity index (χ0v) is 17.2. The molecule has 2 atom stereocenters. The zero-order chi connectivity index (χ0) is 20.9. The first-order chi connectivity index (χ1) is 13.8. The quantitative estimate of drug-likeness (QED) is 0.665. The molecule has 2 aromatic rings. The van der Waals surface area contributed by atoms with Gasteiger partial charge in [0.25, 0.3) is 5.91 Å². The van der Waals surface area contributed by atoms with Gasteiger partial charge in [-0.25, -0.2) is 9.37 Å². The first-order valence-electron chi connectivity index (χ1n) is 9.63. The van der Waals surface area contributed by atoms with Gasteiger partial charge in [-0.2, -0.15) is 0 Å². The van der Waals surface area contributed by atoms with Crippen LogP contribution in [0.2, 0.25) is 5.02 Å². The summed E-state index contributed by atoms with van der Waals surface area (Å²) in [5, 5.41) is 13.3. The molecule has 1 fully saturated rings. The van der Waals surface area contributed by atoms with E-state index in [0.717, 1.165) is 24.8 Å². The summed E-state index contributed by atoms with van der Waals surface area (Å²) in [6.45, 7) is 0.841. The summed E-state index contributed by atoms with van der Waals surface area (Å²) in [4.78, 5) is 18.2. The number of hydrogen-bond acceptors (Lipinski definition) is 5. The van der Waals surface area contributed by atoms with E-state index in [1.54, 1.807) is 14.1 Å². The van der Waals surface area contributed by atoms with E-state index in [1.807, 2.05) is 0 Å². The molecule has 2 heterocycles. The molecule has 1 aromatic carbocycles. The molecule has 1 amide bonds. The number of amides is 1. The van der Waals surface area contributed by atoms with E-state index < -0.39 is 11.7 Å². The molecule has 0 saturated heterocycles. The average molecular weight is 419 g/mol. The van der Waals surface area contributed by atoms with Crippen molar-refractivity contribution in [1.82, 2.24) is 9.88 Å². The minimum atomic E-state index is -0.702. The van der Waals surface area contributed by atoms with E-state index >= 15 is 4.39 Å². The van der Waals surface area contributed by atoms with Crippen LogP contribution in [0.1, 0.15) is 35.2 Å². The van der Waals surface area contributed by atoms with Gasteiger partial charge in [0, 0.05) is 61.2 Å². The third-order valence-corrected chi connectivity index (χ3v) is 6.59. The SMILES string of the molecule is CN(C)C(=O)c1c(N)ccc(-c2cnc3c(c2Cl)[C@@]2(CC[C@@H](CO)C2)CN3)c1F. The molecule has 0 radical (unpaired) electrons. The van der Waals surface area contributed by atoms with Crippen LogP contribution in [-0.4, -0.2) is 48.1 Å². The van der Waals surface area contributed by atoms with Gasteiger partial charge in [0.2, 0.25) is 0 Å². The monoisotopic (exact) mass is 418 g/mol. The molecule has 29 heavy (non-hydrogen) atoms. The summed E-state index contributed by atoms with van der Waals surface area (Å²) in [5.41, 5.74) is 7.10. The summed E-state index contributed by atoms with van der Waals surface area (Å²) in [7, 11) is 3.09. The van der Waals surface area contributed by atoms with Gasteiger partial charge in [-0.15, -0.1) is 0 Å². The zero-order valence-electron chi connectivity index (χ0n) is 16.4. The van der Waals surface area contributed by atoms with E-state index in [4.69, 9.17) is 17.3 Å². The van der Waals surface area contributed by atoms with E-state index in [-0.39, 0.29) is 34.8 Å². The van der Waals surface area contributed by atoms with E-state index in [9.17, 15) is 9.90 Å². The van der Waals surface area contributed by atoms with Crippen molar-refractivity contribution in [2.75, 3.05) is 38.3 Å². The van der Waals surface area contributed by atoms with Crippen LogP contribution in [0.25, 0.3) is 11.1 Å². The van der Waals surface area contributed by atoms with Crippen LogP contribution < -0.4 is 11.1 Å². The Morgan fingerprint density at radius 2 is 2.21 bits per heavy atom. The largest absolute Gasteiger partial charge is 0.398 e. The Kier molecular flexibility index (Phi) is 4.91. The molecule has 0 bridgehead atoms. The fourth-order valence-electron chi connectivity index (χ4n) is 4.66. The molecule has 0 unspecified atom stereocenters. The lowest BCUT2D eigenvalue weighted by Crippen LogP contribution is -2.26. The third-order valence-electron chi connectivity index (χ3n) is 6.19. The Morgan fingerprint density at radius 3 is 2.86 bits per heavy atom. The molecule has 1 aliphatic carbocycles. The van der Waals surface area contributed by atoms with Gasteiger partial charge in [-0.1, -0.05) is 11.6 Å². The van der Waals surface area contributed by atoms with Crippen LogP contribution >= 0.6 is 11.6 Å². The topological polar surface area (TPSA) is 91.5 Å². The number of aliphatic hydroxyl groups is 1. The Morgan fingerprint density at radius 1 is 1.45 bits per heavy atom. The third kappa shape index (κ3) is 3.04. The van der Waals surface area contributed by atoms with Crippen molar-refractivity contribution in [3.8, 4) is 11.1 Å². The van der Waals surface area contributed by atoms with Crippen LogP contribution in [-0.2, 0) is 5.41 Å². The van der Waals surface area contributed by atoms with Gasteiger partial charge in [-0.05, 0) is 37.3 Å². The second kappa shape index (κ2) is 7.15. The van der Waals surface area contributed by atoms with Gasteiger partial charge < -0.3 is 21.1 Å². The van der Waals surface area contributed by atoms with Crippen molar-refractivity contribution in [2.24, 2.45) is 5.92 Å². The molecule has 2 aliphatic rings. The van der Waals surface area contributed by atoms with Crippen LogP contribution in [0, 0.1) is 11.7 Å². The van der Waals surface area contributed by atoms with Gasteiger partial charge in [-0.3, -0.25) is 4.79 Å². The summed E-state index contributed by atoms with van der Waals surface area (Å²) in [5.74, 6) is -0.281. The molecule has 154 valence electrons. The number of carbonyl (C=O) groups excluding carboxylic acids is 1. The molecule has 6 nitrogen and oxygen atoms in total. The Hall–Kier alpha value is -2.38. The second-order valence-electron chi connectivity index (χ2n) is 8.23. The van der Waals surface area contributed by atoms with Crippen molar-refractivity contribution in [1.29, 1.82) is 0 Å². The first kappa shape index (κ1) is 19.9. The first-order valence-corrected chi connectivity index (χ1v) is 10.0. The number of pyridine rings is 1. The van der Waals surface area contributed by atoms with Crippen molar-refractivity contribution in [2.45, 2.75) is 24.7 Å². The predicted octanol–water partition coefficient (Wildman–Crippen LogP) is 3.28. The number of aromatic nitrogens is 1. The van der Waals surface area contributed by atoms with E-state index in [2.05, 4.69) is 10.3 Å². The van der Waals surface area contributed by atoms with Crippen LogP contribution in [0.4, 0.5) is 15.9 Å². The number of hydrogen-bond donors (Lipinski definition) is 3. The molecule has 8 heteroatoms. The Labute approximate surface area is 173 Å². The lowest BCUT2D eigenvalue weighted by Gasteiger charge is -2.25. The normalized spacial score (nSPS) is 22.6. The molecule has 1 spiro atoms. The molecule has 1 aromatic heterocycles. The number of nitrogen functional groups attached to an aromatic ring is 1. The number of carbonyl (C=O) groups is 1. The number of nitrogens with zero attached hydrogens (tertiary/aromatic N) is 2. The average Bonchev–Trinajstić information content (AvgIpc) is 3.27. The highest BCUT2D eigenvalue weighted by molar-refractivity contribution is 6.34. The summed E-state index contributed by atoms with van der Waals surface area (Å²) in [6, 6.07) is 3.05. The molecule has 1 aliphatic heterocycles. The van der Waals surface area contributed by atoms with Gasteiger partial charge in [0.1, 0.15) is 11.6 Å². The van der Waals surface area contributed by atoms with Gasteiger partial charge >= 0.3 is 0 Å².